The third-order valence-electron chi connectivity index (χ3n) is 2.44. The first-order valence-corrected chi connectivity index (χ1v) is 5.55. The van der Waals surface area contributed by atoms with E-state index >= 15 is 0 Å². The van der Waals surface area contributed by atoms with Gasteiger partial charge in [-0.1, -0.05) is 18.5 Å². The number of nitrogens with zero attached hydrogens (tertiary/aromatic N) is 1. The van der Waals surface area contributed by atoms with Crippen LogP contribution in [-0.4, -0.2) is 17.1 Å². The van der Waals surface area contributed by atoms with Gasteiger partial charge < -0.3 is 15.6 Å². The Bertz CT molecular complexity index is 309. The molecule has 0 aliphatic heterocycles. The molecule has 5 heteroatoms. The summed E-state index contributed by atoms with van der Waals surface area (Å²) >= 11 is 0. The van der Waals surface area contributed by atoms with Crippen LogP contribution in [0.1, 0.15) is 33.1 Å². The molecule has 2 unspecified atom stereocenters. The lowest BCUT2D eigenvalue weighted by Crippen LogP contribution is -2.21. The van der Waals surface area contributed by atoms with Gasteiger partial charge in [-0.15, -0.1) is 0 Å². The lowest BCUT2D eigenvalue weighted by molar-refractivity contribution is -0.119. The molecule has 0 aliphatic carbocycles. The van der Waals surface area contributed by atoms with Crippen molar-refractivity contribution in [2.45, 2.75) is 39.2 Å². The average molecular weight is 225 g/mol. The van der Waals surface area contributed by atoms with E-state index in [4.69, 9.17) is 5.73 Å². The van der Waals surface area contributed by atoms with Crippen LogP contribution in [0.3, 0.4) is 0 Å². The first-order chi connectivity index (χ1) is 7.59. The van der Waals surface area contributed by atoms with Crippen molar-refractivity contribution in [3.63, 3.8) is 0 Å². The van der Waals surface area contributed by atoms with Gasteiger partial charge in [0.2, 0.25) is 5.91 Å². The van der Waals surface area contributed by atoms with Crippen LogP contribution in [0.25, 0.3) is 0 Å². The minimum absolute atomic E-state index is 0.00660. The van der Waals surface area contributed by atoms with Gasteiger partial charge in [0.15, 0.2) is 0 Å². The van der Waals surface area contributed by atoms with Crippen molar-refractivity contribution < 1.29 is 9.32 Å². The number of carbonyl (C=O) groups excluding carboxylic acids is 1. The largest absolute Gasteiger partial charge is 0.363 e. The monoisotopic (exact) mass is 225 g/mol. The maximum atomic E-state index is 11.7. The summed E-state index contributed by atoms with van der Waals surface area (Å²) in [5.74, 6) is -0.0264. The smallest absolute Gasteiger partial charge is 0.227 e. The molecular weight excluding hydrogens is 206 g/mol. The predicted octanol–water partition coefficient (Wildman–Crippen LogP) is 1.77. The molecule has 0 saturated carbocycles. The van der Waals surface area contributed by atoms with E-state index < -0.39 is 0 Å². The number of nitrogens with two attached hydrogens (primary N) is 1. The average Bonchev–Trinajstić information content (AvgIpc) is 2.69. The van der Waals surface area contributed by atoms with Gasteiger partial charge in [-0.05, 0) is 19.8 Å². The zero-order chi connectivity index (χ0) is 12.0. The molecule has 3 N–H and O–H groups in total. The molecule has 2 atom stereocenters. The topological polar surface area (TPSA) is 81.2 Å². The Morgan fingerprint density at radius 3 is 2.88 bits per heavy atom. The first-order valence-electron chi connectivity index (χ1n) is 5.55. The van der Waals surface area contributed by atoms with Crippen molar-refractivity contribution in [1.29, 1.82) is 0 Å². The number of rotatable bonds is 6. The fourth-order valence-electron chi connectivity index (χ4n) is 1.41. The van der Waals surface area contributed by atoms with Crippen molar-refractivity contribution in [2.24, 2.45) is 11.7 Å². The highest BCUT2D eigenvalue weighted by atomic mass is 16.5. The third-order valence-corrected chi connectivity index (χ3v) is 2.44. The molecule has 16 heavy (non-hydrogen) atoms. The molecule has 1 rings (SSSR count). The number of hydrogen-bond acceptors (Lipinski definition) is 4. The van der Waals surface area contributed by atoms with E-state index in [1.807, 2.05) is 13.8 Å². The Balaban J connectivity index is 2.25. The van der Waals surface area contributed by atoms with Gasteiger partial charge in [0.1, 0.15) is 12.0 Å². The second-order valence-corrected chi connectivity index (χ2v) is 4.21. The molecule has 0 saturated heterocycles. The van der Waals surface area contributed by atoms with Crippen LogP contribution >= 0.6 is 0 Å². The minimum atomic E-state index is -0.0198. The van der Waals surface area contributed by atoms with E-state index in [-0.39, 0.29) is 17.9 Å². The molecule has 1 amide bonds. The molecule has 0 spiro atoms. The SMILES string of the molecule is CC(N)CCCC(C)C(=O)Nc1cnoc1. The van der Waals surface area contributed by atoms with Crippen molar-refractivity contribution >= 4 is 11.6 Å². The second-order valence-electron chi connectivity index (χ2n) is 4.21. The Hall–Kier alpha value is -1.36. The maximum Gasteiger partial charge on any atom is 0.227 e. The molecule has 1 aromatic rings. The number of carbonyl (C=O) groups is 1. The summed E-state index contributed by atoms with van der Waals surface area (Å²) in [6.07, 6.45) is 5.65. The summed E-state index contributed by atoms with van der Waals surface area (Å²) < 4.78 is 4.63. The van der Waals surface area contributed by atoms with Crippen molar-refractivity contribution in [1.82, 2.24) is 5.16 Å². The molecular formula is C11H19N3O2. The van der Waals surface area contributed by atoms with E-state index in [1.165, 1.54) is 12.5 Å². The van der Waals surface area contributed by atoms with E-state index in [2.05, 4.69) is 15.0 Å². The highest BCUT2D eigenvalue weighted by molar-refractivity contribution is 5.91. The van der Waals surface area contributed by atoms with Crippen LogP contribution in [0, 0.1) is 5.92 Å². The molecule has 1 heterocycles. The number of aromatic nitrogens is 1. The fraction of sp³-hybridized carbons (Fsp3) is 0.636. The first kappa shape index (κ1) is 12.7. The summed E-state index contributed by atoms with van der Waals surface area (Å²) in [5, 5.41) is 6.25. The Labute approximate surface area is 95.4 Å². The van der Waals surface area contributed by atoms with Crippen LogP contribution in [0.2, 0.25) is 0 Å². The van der Waals surface area contributed by atoms with Crippen LogP contribution in [-0.2, 0) is 4.79 Å². The standard InChI is InChI=1S/C11H19N3O2/c1-8(4-3-5-9(2)12)11(15)14-10-6-13-16-7-10/h6-9H,3-5,12H2,1-2H3,(H,14,15). The molecule has 0 aliphatic rings. The van der Waals surface area contributed by atoms with Gasteiger partial charge >= 0.3 is 0 Å². The number of hydrogen-bond donors (Lipinski definition) is 2. The van der Waals surface area contributed by atoms with Gasteiger partial charge in [0.05, 0.1) is 6.20 Å². The molecule has 5 nitrogen and oxygen atoms in total. The van der Waals surface area contributed by atoms with Crippen LogP contribution in [0.4, 0.5) is 5.69 Å². The number of amides is 1. The number of anilines is 1. The molecule has 0 bridgehead atoms. The number of nitrogens with one attached hydrogen (secondary N) is 1. The lowest BCUT2D eigenvalue weighted by Gasteiger charge is -2.11. The molecule has 0 radical (unpaired) electrons. The van der Waals surface area contributed by atoms with Crippen LogP contribution in [0.15, 0.2) is 17.0 Å². The summed E-state index contributed by atoms with van der Waals surface area (Å²) in [7, 11) is 0. The van der Waals surface area contributed by atoms with E-state index in [0.717, 1.165) is 19.3 Å². The summed E-state index contributed by atoms with van der Waals surface area (Å²) in [6.45, 7) is 3.88. The van der Waals surface area contributed by atoms with Crippen LogP contribution < -0.4 is 11.1 Å². The lowest BCUT2D eigenvalue weighted by atomic mass is 10.0. The highest BCUT2D eigenvalue weighted by Crippen LogP contribution is 2.12. The zero-order valence-corrected chi connectivity index (χ0v) is 9.77. The van der Waals surface area contributed by atoms with E-state index in [1.54, 1.807) is 0 Å². The molecule has 0 fully saturated rings. The maximum absolute atomic E-state index is 11.7. The second kappa shape index (κ2) is 6.27. The van der Waals surface area contributed by atoms with Gasteiger partial charge in [-0.2, -0.15) is 0 Å². The van der Waals surface area contributed by atoms with E-state index in [0.29, 0.717) is 5.69 Å². The molecule has 90 valence electrons. The van der Waals surface area contributed by atoms with Gasteiger partial charge in [0.25, 0.3) is 0 Å². The Kier molecular flexibility index (Phi) is 4.98. The van der Waals surface area contributed by atoms with Gasteiger partial charge in [0, 0.05) is 12.0 Å². The minimum Gasteiger partial charge on any atom is -0.363 e. The predicted molar refractivity (Wildman–Crippen MR) is 61.8 cm³/mol. The van der Waals surface area contributed by atoms with Gasteiger partial charge in [-0.3, -0.25) is 4.79 Å². The highest BCUT2D eigenvalue weighted by Gasteiger charge is 2.13. The van der Waals surface area contributed by atoms with E-state index in [9.17, 15) is 4.79 Å². The zero-order valence-electron chi connectivity index (χ0n) is 9.77. The summed E-state index contributed by atoms with van der Waals surface area (Å²) in [5.41, 5.74) is 6.24. The van der Waals surface area contributed by atoms with Crippen LogP contribution in [0.5, 0.6) is 0 Å². The normalized spacial score (nSPS) is 14.4. The van der Waals surface area contributed by atoms with Gasteiger partial charge in [-0.25, -0.2) is 0 Å². The summed E-state index contributed by atoms with van der Waals surface area (Å²) in [4.78, 5) is 11.7. The quantitative estimate of drug-likeness (QED) is 0.773. The van der Waals surface area contributed by atoms with Crippen molar-refractivity contribution in [3.8, 4) is 0 Å². The Morgan fingerprint density at radius 1 is 1.56 bits per heavy atom. The van der Waals surface area contributed by atoms with Crippen molar-refractivity contribution in [3.05, 3.63) is 12.5 Å². The molecule has 0 aromatic carbocycles. The van der Waals surface area contributed by atoms with Crippen molar-refractivity contribution in [2.75, 3.05) is 5.32 Å². The summed E-state index contributed by atoms with van der Waals surface area (Å²) in [6, 6.07) is 0.202. The third kappa shape index (κ3) is 4.44. The fourth-order valence-corrected chi connectivity index (χ4v) is 1.41. The Morgan fingerprint density at radius 2 is 2.31 bits per heavy atom. The molecule has 1 aromatic heterocycles.